The Balaban J connectivity index is 1.39. The van der Waals surface area contributed by atoms with Gasteiger partial charge in [0.25, 0.3) is 0 Å². The van der Waals surface area contributed by atoms with Crippen LogP contribution in [0.3, 0.4) is 0 Å². The van der Waals surface area contributed by atoms with Gasteiger partial charge in [0.2, 0.25) is 0 Å². The van der Waals surface area contributed by atoms with Crippen LogP contribution >= 0.6 is 0 Å². The molecule has 1 aromatic carbocycles. The zero-order chi connectivity index (χ0) is 16.2. The first kappa shape index (κ1) is 16.3. The van der Waals surface area contributed by atoms with Crippen LogP contribution < -0.4 is 10.6 Å². The quantitative estimate of drug-likeness (QED) is 0.877. The third kappa shape index (κ3) is 4.71. The summed E-state index contributed by atoms with van der Waals surface area (Å²) in [6.45, 7) is 7.41. The molecule has 2 fully saturated rings. The monoisotopic (exact) mass is 315 g/mol. The molecule has 1 atom stereocenters. The summed E-state index contributed by atoms with van der Waals surface area (Å²) in [4.78, 5) is 14.5. The highest BCUT2D eigenvalue weighted by Gasteiger charge is 2.29. The zero-order valence-corrected chi connectivity index (χ0v) is 14.3. The molecule has 126 valence electrons. The molecule has 1 aromatic rings. The number of likely N-dealkylation sites (tertiary alicyclic amines) is 1. The highest BCUT2D eigenvalue weighted by molar-refractivity contribution is 5.74. The minimum Gasteiger partial charge on any atom is -0.335 e. The Kier molecular flexibility index (Phi) is 5.21. The van der Waals surface area contributed by atoms with Crippen LogP contribution in [-0.2, 0) is 6.54 Å². The van der Waals surface area contributed by atoms with Gasteiger partial charge in [-0.1, -0.05) is 24.3 Å². The van der Waals surface area contributed by atoms with Gasteiger partial charge in [-0.15, -0.1) is 0 Å². The van der Waals surface area contributed by atoms with Gasteiger partial charge in [-0.05, 0) is 56.6 Å². The maximum absolute atomic E-state index is 12.0. The number of hydrogen-bond acceptors (Lipinski definition) is 2. The van der Waals surface area contributed by atoms with Crippen LogP contribution in [0.4, 0.5) is 4.79 Å². The molecule has 2 aliphatic rings. The van der Waals surface area contributed by atoms with Crippen molar-refractivity contribution in [2.24, 2.45) is 5.92 Å². The van der Waals surface area contributed by atoms with Gasteiger partial charge in [-0.2, -0.15) is 0 Å². The normalized spacial score (nSPS) is 21.0. The second-order valence-corrected chi connectivity index (χ2v) is 7.22. The molecule has 4 nitrogen and oxygen atoms in total. The van der Waals surface area contributed by atoms with Crippen molar-refractivity contribution in [3.63, 3.8) is 0 Å². The maximum Gasteiger partial charge on any atom is 0.315 e. The van der Waals surface area contributed by atoms with Crippen molar-refractivity contribution < 1.29 is 4.79 Å². The molecule has 1 saturated heterocycles. The molecule has 4 heteroatoms. The largest absolute Gasteiger partial charge is 0.335 e. The molecular weight excluding hydrogens is 286 g/mol. The number of urea groups is 1. The van der Waals surface area contributed by atoms with Crippen molar-refractivity contribution in [2.45, 2.75) is 58.2 Å². The predicted octanol–water partition coefficient (Wildman–Crippen LogP) is 3.06. The average molecular weight is 315 g/mol. The summed E-state index contributed by atoms with van der Waals surface area (Å²) in [6, 6.07) is 9.24. The molecule has 3 rings (SSSR count). The Morgan fingerprint density at radius 1 is 1.22 bits per heavy atom. The Hall–Kier alpha value is -1.55. The van der Waals surface area contributed by atoms with Gasteiger partial charge < -0.3 is 10.6 Å². The number of nitrogens with one attached hydrogen (secondary N) is 2. The van der Waals surface area contributed by atoms with Crippen molar-refractivity contribution in [1.29, 1.82) is 0 Å². The van der Waals surface area contributed by atoms with Crippen molar-refractivity contribution in [3.05, 3.63) is 35.4 Å². The fraction of sp³-hybridized carbons (Fsp3) is 0.632. The maximum atomic E-state index is 12.0. The molecule has 0 aromatic heterocycles. The minimum absolute atomic E-state index is 0.0155. The van der Waals surface area contributed by atoms with E-state index < -0.39 is 0 Å². The summed E-state index contributed by atoms with van der Waals surface area (Å²) in [7, 11) is 0. The van der Waals surface area contributed by atoms with Crippen LogP contribution in [-0.4, -0.2) is 36.1 Å². The number of carbonyl (C=O) groups excluding carboxylic acids is 1. The van der Waals surface area contributed by atoms with Crippen molar-refractivity contribution in [1.82, 2.24) is 15.5 Å². The molecule has 0 radical (unpaired) electrons. The lowest BCUT2D eigenvalue weighted by Crippen LogP contribution is -2.49. The van der Waals surface area contributed by atoms with Crippen molar-refractivity contribution in [3.8, 4) is 0 Å². The van der Waals surface area contributed by atoms with E-state index in [1.165, 1.54) is 24.0 Å². The van der Waals surface area contributed by atoms with Gasteiger partial charge in [0.05, 0.1) is 0 Å². The van der Waals surface area contributed by atoms with Crippen LogP contribution in [0.15, 0.2) is 24.3 Å². The number of piperidine rings is 1. The Morgan fingerprint density at radius 3 is 2.57 bits per heavy atom. The number of hydrogen-bond donors (Lipinski definition) is 2. The summed E-state index contributed by atoms with van der Waals surface area (Å²) in [6.07, 6.45) is 4.60. The van der Waals surface area contributed by atoms with Gasteiger partial charge in [0.1, 0.15) is 0 Å². The Bertz CT molecular complexity index is 533. The molecule has 0 bridgehead atoms. The number of aryl methyl sites for hydroxylation is 1. The van der Waals surface area contributed by atoms with E-state index in [-0.39, 0.29) is 6.03 Å². The lowest BCUT2D eigenvalue weighted by molar-refractivity contribution is 0.185. The second-order valence-electron chi connectivity index (χ2n) is 7.22. The van der Waals surface area contributed by atoms with Crippen molar-refractivity contribution in [2.75, 3.05) is 13.1 Å². The van der Waals surface area contributed by atoms with E-state index in [0.29, 0.717) is 18.0 Å². The van der Waals surface area contributed by atoms with E-state index >= 15 is 0 Å². The van der Waals surface area contributed by atoms with E-state index in [0.717, 1.165) is 32.5 Å². The molecule has 1 aliphatic heterocycles. The lowest BCUT2D eigenvalue weighted by atomic mass is 10.0. The highest BCUT2D eigenvalue weighted by atomic mass is 16.2. The average Bonchev–Trinajstić information content (AvgIpc) is 3.36. The number of benzene rings is 1. The number of rotatable bonds is 5. The van der Waals surface area contributed by atoms with Gasteiger partial charge >= 0.3 is 6.03 Å². The molecule has 1 heterocycles. The van der Waals surface area contributed by atoms with Crippen LogP contribution in [0.2, 0.25) is 0 Å². The first-order valence-corrected chi connectivity index (χ1v) is 8.95. The fourth-order valence-corrected chi connectivity index (χ4v) is 3.41. The molecule has 2 amide bonds. The minimum atomic E-state index is 0.0155. The molecule has 1 saturated carbocycles. The predicted molar refractivity (Wildman–Crippen MR) is 93.3 cm³/mol. The molecular formula is C19H29N3O. The van der Waals surface area contributed by atoms with Crippen LogP contribution in [0.5, 0.6) is 0 Å². The lowest BCUT2D eigenvalue weighted by Gasteiger charge is -2.33. The summed E-state index contributed by atoms with van der Waals surface area (Å²) in [5.74, 6) is 0.705. The first-order valence-electron chi connectivity index (χ1n) is 8.95. The summed E-state index contributed by atoms with van der Waals surface area (Å²) in [5, 5.41) is 6.24. The van der Waals surface area contributed by atoms with Crippen molar-refractivity contribution >= 4 is 6.03 Å². The molecule has 0 unspecified atom stereocenters. The van der Waals surface area contributed by atoms with Gasteiger partial charge in [0, 0.05) is 31.7 Å². The molecule has 0 spiro atoms. The van der Waals surface area contributed by atoms with Crippen LogP contribution in [0.1, 0.15) is 43.7 Å². The van der Waals surface area contributed by atoms with E-state index in [1.807, 2.05) is 0 Å². The number of carbonyl (C=O) groups is 1. The van der Waals surface area contributed by atoms with Crippen LogP contribution in [0.25, 0.3) is 0 Å². The van der Waals surface area contributed by atoms with E-state index in [9.17, 15) is 4.79 Å². The zero-order valence-electron chi connectivity index (χ0n) is 14.3. The fourth-order valence-electron chi connectivity index (χ4n) is 3.41. The van der Waals surface area contributed by atoms with Gasteiger partial charge in [0.15, 0.2) is 0 Å². The summed E-state index contributed by atoms with van der Waals surface area (Å²) < 4.78 is 0. The van der Waals surface area contributed by atoms with Gasteiger partial charge in [-0.25, -0.2) is 4.79 Å². The van der Waals surface area contributed by atoms with E-state index in [1.54, 1.807) is 0 Å². The van der Waals surface area contributed by atoms with E-state index in [4.69, 9.17) is 0 Å². The summed E-state index contributed by atoms with van der Waals surface area (Å²) in [5.41, 5.74) is 2.77. The smallest absolute Gasteiger partial charge is 0.315 e. The molecule has 2 N–H and O–H groups in total. The number of nitrogens with zero attached hydrogens (tertiary/aromatic N) is 1. The second kappa shape index (κ2) is 7.35. The van der Waals surface area contributed by atoms with Gasteiger partial charge in [-0.3, -0.25) is 4.90 Å². The standard InChI is InChI=1S/C19H29N3O/c1-14-5-3-4-6-17(14)13-22-11-9-18(10-12-22)21-19(23)20-15(2)16-7-8-16/h3-6,15-16,18H,7-13H2,1-2H3,(H2,20,21,23)/t15-/m0/s1. The Labute approximate surface area is 139 Å². The molecule has 23 heavy (non-hydrogen) atoms. The SMILES string of the molecule is Cc1ccccc1CN1CCC(NC(=O)N[C@@H](C)C2CC2)CC1. The summed E-state index contributed by atoms with van der Waals surface area (Å²) >= 11 is 0. The topological polar surface area (TPSA) is 44.4 Å². The molecule has 1 aliphatic carbocycles. The third-order valence-electron chi connectivity index (χ3n) is 5.27. The van der Waals surface area contributed by atoms with Crippen LogP contribution in [0, 0.1) is 12.8 Å². The van der Waals surface area contributed by atoms with E-state index in [2.05, 4.69) is 53.6 Å². The Morgan fingerprint density at radius 2 is 1.91 bits per heavy atom. The first-order chi connectivity index (χ1) is 11.1. The highest BCUT2D eigenvalue weighted by Crippen LogP contribution is 2.32. The number of amides is 2. The third-order valence-corrected chi connectivity index (χ3v) is 5.27.